The van der Waals surface area contributed by atoms with Crippen LogP contribution in [0.1, 0.15) is 30.9 Å². The van der Waals surface area contributed by atoms with Gasteiger partial charge in [-0.2, -0.15) is 10.5 Å². The fourth-order valence-electron chi connectivity index (χ4n) is 1.94. The van der Waals surface area contributed by atoms with Gasteiger partial charge >= 0.3 is 0 Å². The number of nitrogens with zero attached hydrogens (tertiary/aromatic N) is 2. The monoisotopic (exact) mass is 315 g/mol. The number of nitrogens with two attached hydrogens (primary N) is 1. The number of rotatable bonds is 5. The third-order valence-electron chi connectivity index (χ3n) is 2.98. The molecule has 0 saturated heterocycles. The zero-order valence-electron chi connectivity index (χ0n) is 11.6. The summed E-state index contributed by atoms with van der Waals surface area (Å²) in [5.41, 5.74) is 7.46. The number of nitriles is 2. The summed E-state index contributed by atoms with van der Waals surface area (Å²) >= 11 is 3.08. The van der Waals surface area contributed by atoms with Gasteiger partial charge < -0.3 is 0 Å². The van der Waals surface area contributed by atoms with E-state index in [1.165, 1.54) is 11.3 Å². The first-order chi connectivity index (χ1) is 10.2. The van der Waals surface area contributed by atoms with Crippen molar-refractivity contribution in [3.05, 3.63) is 28.6 Å². The summed E-state index contributed by atoms with van der Waals surface area (Å²) in [6, 6.07) is 8.15. The highest BCUT2D eigenvalue weighted by atomic mass is 32.2. The standard InChI is InChI=1S/C15H14N4S2/c1-2-3-6-21-15-11(9-17)13(12-5-4-7-20-12)10(8-16)14(18)19-15/h4-5,7H,2-3,6H2,1H3,(H2,18,19)/p+1. The second kappa shape index (κ2) is 7.12. The molecule has 4 nitrogen and oxygen atoms in total. The van der Waals surface area contributed by atoms with Crippen LogP contribution in [0, 0.1) is 22.7 Å². The van der Waals surface area contributed by atoms with Crippen molar-refractivity contribution in [1.29, 1.82) is 10.5 Å². The maximum Gasteiger partial charge on any atom is 0.289 e. The number of aromatic nitrogens is 1. The zero-order chi connectivity index (χ0) is 15.2. The van der Waals surface area contributed by atoms with Gasteiger partial charge in [-0.1, -0.05) is 31.2 Å². The van der Waals surface area contributed by atoms with E-state index < -0.39 is 0 Å². The maximum absolute atomic E-state index is 9.54. The van der Waals surface area contributed by atoms with E-state index in [9.17, 15) is 10.5 Å². The fourth-order valence-corrected chi connectivity index (χ4v) is 3.83. The van der Waals surface area contributed by atoms with Gasteiger partial charge in [-0.05, 0) is 17.9 Å². The molecular formula is C15H15N4S2+. The molecule has 2 rings (SSSR count). The van der Waals surface area contributed by atoms with Crippen LogP contribution in [0.5, 0.6) is 0 Å². The van der Waals surface area contributed by atoms with E-state index in [0.717, 1.165) is 28.5 Å². The summed E-state index contributed by atoms with van der Waals surface area (Å²) in [6.07, 6.45) is 2.16. The van der Waals surface area contributed by atoms with Crippen molar-refractivity contribution in [2.24, 2.45) is 0 Å². The Bertz CT molecular complexity index is 709. The van der Waals surface area contributed by atoms with Crippen LogP contribution in [-0.2, 0) is 0 Å². The average Bonchev–Trinajstić information content (AvgIpc) is 3.00. The van der Waals surface area contributed by atoms with Gasteiger partial charge in [0, 0.05) is 16.2 Å². The number of H-pyrrole nitrogens is 1. The molecular weight excluding hydrogens is 300 g/mol. The molecule has 2 heterocycles. The molecule has 106 valence electrons. The molecule has 0 radical (unpaired) electrons. The van der Waals surface area contributed by atoms with Gasteiger partial charge in [0.25, 0.3) is 5.82 Å². The number of anilines is 1. The second-order valence-corrected chi connectivity index (χ2v) is 6.45. The minimum atomic E-state index is 0.318. The van der Waals surface area contributed by atoms with Crippen molar-refractivity contribution in [2.45, 2.75) is 24.8 Å². The average molecular weight is 315 g/mol. The molecule has 0 fully saturated rings. The number of nitrogens with one attached hydrogen (secondary N) is 1. The number of aromatic amines is 1. The lowest BCUT2D eigenvalue weighted by atomic mass is 10.0. The Hall–Kier alpha value is -2.02. The first kappa shape index (κ1) is 15.4. The first-order valence-electron chi connectivity index (χ1n) is 6.58. The summed E-state index contributed by atoms with van der Waals surface area (Å²) in [6.45, 7) is 2.12. The quantitative estimate of drug-likeness (QED) is 0.676. The Morgan fingerprint density at radius 2 is 2.10 bits per heavy atom. The van der Waals surface area contributed by atoms with E-state index in [1.807, 2.05) is 17.5 Å². The van der Waals surface area contributed by atoms with Crippen LogP contribution in [-0.4, -0.2) is 5.75 Å². The predicted molar refractivity (Wildman–Crippen MR) is 85.8 cm³/mol. The number of pyridine rings is 1. The van der Waals surface area contributed by atoms with E-state index in [1.54, 1.807) is 11.8 Å². The van der Waals surface area contributed by atoms with Crippen LogP contribution in [0.3, 0.4) is 0 Å². The van der Waals surface area contributed by atoms with Gasteiger partial charge in [-0.25, -0.2) is 4.98 Å². The molecule has 0 bridgehead atoms. The van der Waals surface area contributed by atoms with Gasteiger partial charge in [0.15, 0.2) is 10.6 Å². The highest BCUT2D eigenvalue weighted by molar-refractivity contribution is 7.99. The molecule has 0 aliphatic rings. The molecule has 0 aliphatic heterocycles. The number of nitrogen functional groups attached to an aromatic ring is 1. The van der Waals surface area contributed by atoms with E-state index in [-0.39, 0.29) is 0 Å². The zero-order valence-corrected chi connectivity index (χ0v) is 13.3. The lowest BCUT2D eigenvalue weighted by Crippen LogP contribution is -2.18. The van der Waals surface area contributed by atoms with Crippen molar-refractivity contribution >= 4 is 28.9 Å². The Labute approximate surface area is 132 Å². The van der Waals surface area contributed by atoms with Crippen LogP contribution >= 0.6 is 23.1 Å². The normalized spacial score (nSPS) is 10.0. The van der Waals surface area contributed by atoms with Crippen LogP contribution in [0.15, 0.2) is 22.5 Å². The topological polar surface area (TPSA) is 87.7 Å². The molecule has 21 heavy (non-hydrogen) atoms. The van der Waals surface area contributed by atoms with Crippen molar-refractivity contribution in [2.75, 3.05) is 11.5 Å². The molecule has 0 unspecified atom stereocenters. The van der Waals surface area contributed by atoms with E-state index >= 15 is 0 Å². The number of unbranched alkanes of at least 4 members (excludes halogenated alkanes) is 1. The predicted octanol–water partition coefficient (Wildman–Crippen LogP) is 3.45. The summed E-state index contributed by atoms with van der Waals surface area (Å²) in [4.78, 5) is 3.90. The summed E-state index contributed by atoms with van der Waals surface area (Å²) < 4.78 is 0. The number of hydrogen-bond acceptors (Lipinski definition) is 5. The van der Waals surface area contributed by atoms with Gasteiger partial charge in [-0.3, -0.25) is 5.73 Å². The highest BCUT2D eigenvalue weighted by Crippen LogP contribution is 2.36. The smallest absolute Gasteiger partial charge is 0.286 e. The third kappa shape index (κ3) is 3.18. The Kier molecular flexibility index (Phi) is 5.21. The molecule has 0 amide bonds. The van der Waals surface area contributed by atoms with Crippen molar-refractivity contribution < 1.29 is 4.98 Å². The molecule has 3 N–H and O–H groups in total. The molecule has 0 aliphatic carbocycles. The van der Waals surface area contributed by atoms with Crippen LogP contribution < -0.4 is 10.7 Å². The SMILES string of the molecule is CCCCSc1[nH+]c(N)c(C#N)c(-c2cccs2)c1C#N. The van der Waals surface area contributed by atoms with Gasteiger partial charge in [-0.15, -0.1) is 11.3 Å². The van der Waals surface area contributed by atoms with Gasteiger partial charge in [0.05, 0.1) is 0 Å². The van der Waals surface area contributed by atoms with E-state index in [4.69, 9.17) is 5.73 Å². The summed E-state index contributed by atoms with van der Waals surface area (Å²) in [7, 11) is 0. The minimum absolute atomic E-state index is 0.318. The van der Waals surface area contributed by atoms with Crippen LogP contribution in [0.25, 0.3) is 10.4 Å². The Morgan fingerprint density at radius 1 is 1.33 bits per heavy atom. The summed E-state index contributed by atoms with van der Waals surface area (Å²) in [5, 5.41) is 21.6. The molecule has 6 heteroatoms. The van der Waals surface area contributed by atoms with Crippen molar-refractivity contribution in [3.63, 3.8) is 0 Å². The number of thiophene rings is 1. The largest absolute Gasteiger partial charge is 0.289 e. The molecule has 2 aromatic rings. The molecule has 0 spiro atoms. The third-order valence-corrected chi connectivity index (χ3v) is 4.96. The Morgan fingerprint density at radius 3 is 2.67 bits per heavy atom. The molecule has 0 atom stereocenters. The minimum Gasteiger partial charge on any atom is -0.286 e. The molecule has 2 aromatic heterocycles. The summed E-state index contributed by atoms with van der Waals surface area (Å²) in [5.74, 6) is 1.23. The van der Waals surface area contributed by atoms with Gasteiger partial charge in [0.1, 0.15) is 17.7 Å². The molecule has 0 saturated carbocycles. The van der Waals surface area contributed by atoms with Crippen LogP contribution in [0.2, 0.25) is 0 Å². The second-order valence-electron chi connectivity index (χ2n) is 4.40. The van der Waals surface area contributed by atoms with E-state index in [0.29, 0.717) is 22.5 Å². The van der Waals surface area contributed by atoms with Crippen LogP contribution in [0.4, 0.5) is 5.82 Å². The highest BCUT2D eigenvalue weighted by Gasteiger charge is 2.24. The number of thioether (sulfide) groups is 1. The number of hydrogen-bond donors (Lipinski definition) is 1. The van der Waals surface area contributed by atoms with Crippen molar-refractivity contribution in [3.8, 4) is 22.6 Å². The maximum atomic E-state index is 9.54. The first-order valence-corrected chi connectivity index (χ1v) is 8.45. The van der Waals surface area contributed by atoms with E-state index in [2.05, 4.69) is 24.0 Å². The lowest BCUT2D eigenvalue weighted by Gasteiger charge is -2.08. The molecule has 0 aromatic carbocycles. The lowest BCUT2D eigenvalue weighted by molar-refractivity contribution is -0.410. The van der Waals surface area contributed by atoms with Crippen molar-refractivity contribution in [1.82, 2.24) is 0 Å². The Balaban J connectivity index is 2.60. The van der Waals surface area contributed by atoms with Gasteiger partial charge in [0.2, 0.25) is 0 Å². The fraction of sp³-hybridized carbons (Fsp3) is 0.267.